The van der Waals surface area contributed by atoms with Gasteiger partial charge >= 0.3 is 12.7 Å². The Kier molecular flexibility index (Phi) is 8.11. The fourth-order valence-electron chi connectivity index (χ4n) is 3.43. The van der Waals surface area contributed by atoms with Crippen molar-refractivity contribution < 1.29 is 28.2 Å². The monoisotopic (exact) mass is 538 g/mol. The molecule has 0 aliphatic rings. The molecule has 0 bridgehead atoms. The highest BCUT2D eigenvalue weighted by Crippen LogP contribution is 2.35. The number of hydrogen-bond donors (Lipinski definition) is 2. The van der Waals surface area contributed by atoms with E-state index in [0.29, 0.717) is 5.56 Å². The van der Waals surface area contributed by atoms with E-state index in [2.05, 4.69) is 25.6 Å². The van der Waals surface area contributed by atoms with Gasteiger partial charge in [0.05, 0.1) is 16.9 Å². The van der Waals surface area contributed by atoms with Crippen LogP contribution in [0.3, 0.4) is 0 Å². The molecule has 2 aromatic heterocycles. The van der Waals surface area contributed by atoms with Crippen molar-refractivity contribution in [2.24, 2.45) is 7.05 Å². The first-order valence-corrected chi connectivity index (χ1v) is 11.3. The summed E-state index contributed by atoms with van der Waals surface area (Å²) in [6.45, 7) is 3.32. The zero-order chi connectivity index (χ0) is 27.5. The van der Waals surface area contributed by atoms with E-state index in [4.69, 9.17) is 16.3 Å². The quantitative estimate of drug-likeness (QED) is 0.418. The van der Waals surface area contributed by atoms with Crippen LogP contribution in [0.25, 0.3) is 11.4 Å². The summed E-state index contributed by atoms with van der Waals surface area (Å²) in [5, 5.41) is 26.0. The van der Waals surface area contributed by atoms with Crippen molar-refractivity contribution in [3.8, 4) is 17.1 Å². The van der Waals surface area contributed by atoms with Crippen LogP contribution in [-0.2, 0) is 7.05 Å². The second-order valence-electron chi connectivity index (χ2n) is 8.67. The first-order chi connectivity index (χ1) is 17.3. The molecule has 3 rings (SSSR count). The maximum atomic E-state index is 13.6. The van der Waals surface area contributed by atoms with Crippen molar-refractivity contribution >= 4 is 35.0 Å². The Balaban J connectivity index is 2.08. The van der Waals surface area contributed by atoms with Crippen LogP contribution in [0, 0.1) is 0 Å². The van der Waals surface area contributed by atoms with Gasteiger partial charge in [-0.15, -0.1) is 10.2 Å². The maximum absolute atomic E-state index is 13.6. The molecule has 3 aromatic rings. The molecular formula is C22H25ClF2N8O4. The number of halogens is 3. The van der Waals surface area contributed by atoms with Crippen LogP contribution >= 0.6 is 11.6 Å². The topological polar surface area (TPSA) is 139 Å². The van der Waals surface area contributed by atoms with Crippen molar-refractivity contribution in [2.45, 2.75) is 39.8 Å². The van der Waals surface area contributed by atoms with Crippen molar-refractivity contribution in [3.05, 3.63) is 41.4 Å². The van der Waals surface area contributed by atoms with E-state index in [1.54, 1.807) is 40.8 Å². The summed E-state index contributed by atoms with van der Waals surface area (Å²) in [6.07, 6.45) is 0.101. The zero-order valence-electron chi connectivity index (χ0n) is 20.6. The molecule has 15 heteroatoms. The second-order valence-corrected chi connectivity index (χ2v) is 9.06. The predicted octanol–water partition coefficient (Wildman–Crippen LogP) is 4.43. The van der Waals surface area contributed by atoms with Crippen LogP contribution in [0.2, 0.25) is 5.15 Å². The lowest BCUT2D eigenvalue weighted by atomic mass is 10.1. The Labute approximate surface area is 215 Å². The van der Waals surface area contributed by atoms with E-state index in [9.17, 15) is 23.5 Å². The number of aryl methyl sites for hydroxylation is 1. The third-order valence-corrected chi connectivity index (χ3v) is 5.07. The average molecular weight is 539 g/mol. The Bertz CT molecular complexity index is 1300. The van der Waals surface area contributed by atoms with Crippen molar-refractivity contribution in [3.63, 3.8) is 0 Å². The van der Waals surface area contributed by atoms with E-state index >= 15 is 0 Å². The van der Waals surface area contributed by atoms with Gasteiger partial charge in [-0.1, -0.05) is 11.6 Å². The molecule has 198 valence electrons. The third kappa shape index (κ3) is 6.39. The molecule has 37 heavy (non-hydrogen) atoms. The molecule has 0 unspecified atom stereocenters. The molecule has 0 aliphatic carbocycles. The number of carbonyl (C=O) groups excluding carboxylic acids is 1. The Hall–Kier alpha value is -4.07. The zero-order valence-corrected chi connectivity index (χ0v) is 21.4. The number of rotatable bonds is 7. The number of nitrogens with zero attached hydrogens (tertiary/aromatic N) is 7. The number of ether oxygens (including phenoxy) is 1. The molecule has 2 N–H and O–H groups in total. The van der Waals surface area contributed by atoms with Crippen LogP contribution in [-0.4, -0.2) is 70.8 Å². The number of carbonyl (C=O) groups is 2. The highest BCUT2D eigenvalue weighted by atomic mass is 35.5. The number of aromatic nitrogens is 5. The number of benzene rings is 1. The van der Waals surface area contributed by atoms with Gasteiger partial charge in [-0.3, -0.25) is 9.48 Å². The minimum Gasteiger partial charge on any atom is -0.464 e. The largest absolute Gasteiger partial charge is 0.464 e. The molecule has 2 heterocycles. The Morgan fingerprint density at radius 3 is 2.46 bits per heavy atom. The number of alkyl halides is 2. The van der Waals surface area contributed by atoms with Crippen molar-refractivity contribution in [1.29, 1.82) is 0 Å². The first-order valence-electron chi connectivity index (χ1n) is 10.9. The number of anilines is 2. The van der Waals surface area contributed by atoms with E-state index < -0.39 is 24.2 Å². The highest BCUT2D eigenvalue weighted by Gasteiger charge is 2.37. The molecule has 12 nitrogen and oxygen atoms in total. The smallest absolute Gasteiger partial charge is 0.426 e. The molecule has 1 aromatic carbocycles. The van der Waals surface area contributed by atoms with E-state index in [1.165, 1.54) is 29.2 Å². The third-order valence-electron chi connectivity index (χ3n) is 4.88. The first kappa shape index (κ1) is 27.5. The van der Waals surface area contributed by atoms with E-state index in [0.717, 1.165) is 10.0 Å². The SMILES string of the molecule is CCN(C(=O)O)N(C(=O)c1nnc(Cl)cc1Nc1ccc(-c2ncn(C)n2)cc1OC(F)F)C(C)(C)C. The van der Waals surface area contributed by atoms with Crippen molar-refractivity contribution in [2.75, 3.05) is 11.9 Å². The number of nitrogens with one attached hydrogen (secondary N) is 1. The minimum atomic E-state index is -3.15. The molecule has 0 saturated carbocycles. The molecule has 0 aliphatic heterocycles. The Morgan fingerprint density at radius 2 is 1.92 bits per heavy atom. The average Bonchev–Trinajstić information content (AvgIpc) is 3.23. The lowest BCUT2D eigenvalue weighted by Gasteiger charge is -2.41. The van der Waals surface area contributed by atoms with Gasteiger partial charge in [-0.05, 0) is 45.9 Å². The summed E-state index contributed by atoms with van der Waals surface area (Å²) in [4.78, 5) is 29.5. The number of amides is 2. The molecule has 0 radical (unpaired) electrons. The van der Waals surface area contributed by atoms with Gasteiger partial charge in [0, 0.05) is 25.2 Å². The van der Waals surface area contributed by atoms with Gasteiger partial charge in [-0.25, -0.2) is 19.8 Å². The predicted molar refractivity (Wildman–Crippen MR) is 130 cm³/mol. The molecular weight excluding hydrogens is 514 g/mol. The number of hydrazine groups is 1. The second kappa shape index (κ2) is 10.9. The lowest BCUT2D eigenvalue weighted by molar-refractivity contribution is -0.0493. The number of carboxylic acid groups (broad SMARTS) is 1. The molecule has 2 amide bonds. The summed E-state index contributed by atoms with van der Waals surface area (Å²) in [7, 11) is 1.66. The van der Waals surface area contributed by atoms with Crippen LogP contribution in [0.5, 0.6) is 5.75 Å². The Morgan fingerprint density at radius 1 is 1.22 bits per heavy atom. The fraction of sp³-hybridized carbons (Fsp3) is 0.364. The highest BCUT2D eigenvalue weighted by molar-refractivity contribution is 6.29. The van der Waals surface area contributed by atoms with Gasteiger partial charge in [-0.2, -0.15) is 13.9 Å². The fourth-order valence-corrected chi connectivity index (χ4v) is 3.58. The molecule has 0 atom stereocenters. The number of hydrogen-bond acceptors (Lipinski definition) is 8. The summed E-state index contributed by atoms with van der Waals surface area (Å²) in [6, 6.07) is 5.58. The normalized spacial score (nSPS) is 11.4. The van der Waals surface area contributed by atoms with Gasteiger partial charge in [0.1, 0.15) is 12.1 Å². The minimum absolute atomic E-state index is 0.0106. The van der Waals surface area contributed by atoms with E-state index in [-0.39, 0.29) is 40.3 Å². The molecule has 0 spiro atoms. The van der Waals surface area contributed by atoms with E-state index in [1.807, 2.05) is 0 Å². The molecule has 0 saturated heterocycles. The van der Waals surface area contributed by atoms with Crippen LogP contribution in [0.15, 0.2) is 30.6 Å². The standard InChI is InChI=1S/C22H25ClF2N8O4/c1-6-32(21(35)36)33(22(2,3)4)19(34)17-14(10-16(23)28-29-17)27-13-8-7-12(9-15(13)37-20(24)25)18-26-11-31(5)30-18/h7-11,20H,6H2,1-5H3,(H,27,28)(H,35,36). The lowest BCUT2D eigenvalue weighted by Crippen LogP contribution is -2.58. The van der Waals surface area contributed by atoms with Crippen LogP contribution < -0.4 is 10.1 Å². The summed E-state index contributed by atoms with van der Waals surface area (Å²) in [5.74, 6) is -0.791. The summed E-state index contributed by atoms with van der Waals surface area (Å²) >= 11 is 6.02. The van der Waals surface area contributed by atoms with Gasteiger partial charge in [0.2, 0.25) is 0 Å². The molecule has 0 fully saturated rings. The summed E-state index contributed by atoms with van der Waals surface area (Å²) in [5.41, 5.74) is -0.833. The van der Waals surface area contributed by atoms with Gasteiger partial charge in [0.25, 0.3) is 5.91 Å². The van der Waals surface area contributed by atoms with Gasteiger partial charge in [0.15, 0.2) is 16.7 Å². The van der Waals surface area contributed by atoms with Crippen LogP contribution in [0.1, 0.15) is 38.2 Å². The summed E-state index contributed by atoms with van der Waals surface area (Å²) < 4.78 is 32.6. The maximum Gasteiger partial charge on any atom is 0.426 e. The van der Waals surface area contributed by atoms with Gasteiger partial charge < -0.3 is 15.2 Å². The van der Waals surface area contributed by atoms with Crippen LogP contribution in [0.4, 0.5) is 25.0 Å². The van der Waals surface area contributed by atoms with Crippen molar-refractivity contribution in [1.82, 2.24) is 35.0 Å².